The molecule has 0 radical (unpaired) electrons. The highest BCUT2D eigenvalue weighted by Crippen LogP contribution is 2.27. The van der Waals surface area contributed by atoms with Gasteiger partial charge in [0.05, 0.1) is 11.2 Å². The number of pyridine rings is 1. The molecule has 0 saturated heterocycles. The van der Waals surface area contributed by atoms with Gasteiger partial charge in [0.25, 0.3) is 5.56 Å². The van der Waals surface area contributed by atoms with E-state index >= 15 is 0 Å². The molecule has 0 unspecified atom stereocenters. The lowest BCUT2D eigenvalue weighted by molar-refractivity contribution is -0.116. The van der Waals surface area contributed by atoms with E-state index in [0.29, 0.717) is 17.2 Å². The predicted octanol–water partition coefficient (Wildman–Crippen LogP) is 3.72. The van der Waals surface area contributed by atoms with Gasteiger partial charge in [-0.3, -0.25) is 14.2 Å². The lowest BCUT2D eigenvalue weighted by atomic mass is 10.2. The topological polar surface area (TPSA) is 68.4 Å². The Bertz CT molecular complexity index is 1260. The van der Waals surface area contributed by atoms with Crippen LogP contribution in [-0.2, 0) is 11.3 Å². The molecule has 4 aromatic rings. The van der Waals surface area contributed by atoms with Crippen LogP contribution in [0.4, 0.5) is 14.5 Å². The van der Waals surface area contributed by atoms with E-state index in [1.165, 1.54) is 4.57 Å². The van der Waals surface area contributed by atoms with Crippen LogP contribution in [0.5, 0.6) is 0 Å². The van der Waals surface area contributed by atoms with Gasteiger partial charge in [0.2, 0.25) is 5.91 Å². The standard InChI is InChI=1S/C19H13BrF2N4O2/c20-12-9-11(21)10-13(22)17(12)24-16(27)5-8-26-18-14(3-1-6-23-18)25-7-2-4-15(25)19(26)28/h1-4,6-7,9-10H,5,8H2,(H,24,27). The molecule has 3 heterocycles. The Balaban J connectivity index is 1.63. The zero-order valence-corrected chi connectivity index (χ0v) is 15.9. The van der Waals surface area contributed by atoms with Gasteiger partial charge in [0, 0.05) is 35.9 Å². The summed E-state index contributed by atoms with van der Waals surface area (Å²) in [6.07, 6.45) is 3.25. The number of carbonyl (C=O) groups is 1. The van der Waals surface area contributed by atoms with Crippen LogP contribution in [0, 0.1) is 11.6 Å². The fourth-order valence-corrected chi connectivity index (χ4v) is 3.58. The van der Waals surface area contributed by atoms with Gasteiger partial charge in [0.15, 0.2) is 11.5 Å². The number of halogens is 3. The SMILES string of the molecule is O=C(CCn1c(=O)c2cccn2c2cccnc21)Nc1c(F)cc(F)cc1Br. The average molecular weight is 447 g/mol. The second-order valence-corrected chi connectivity index (χ2v) is 6.96. The molecule has 0 fully saturated rings. The van der Waals surface area contributed by atoms with E-state index < -0.39 is 17.5 Å². The van der Waals surface area contributed by atoms with Crippen LogP contribution >= 0.6 is 15.9 Å². The smallest absolute Gasteiger partial charge is 0.276 e. The molecule has 0 saturated carbocycles. The van der Waals surface area contributed by atoms with Crippen LogP contribution in [0.25, 0.3) is 16.7 Å². The summed E-state index contributed by atoms with van der Waals surface area (Å²) in [6.45, 7) is 0.0558. The van der Waals surface area contributed by atoms with Crippen LogP contribution < -0.4 is 10.9 Å². The molecular formula is C19H13BrF2N4O2. The monoisotopic (exact) mass is 446 g/mol. The minimum Gasteiger partial charge on any atom is -0.323 e. The van der Waals surface area contributed by atoms with Gasteiger partial charge in [0.1, 0.15) is 11.3 Å². The van der Waals surface area contributed by atoms with Crippen molar-refractivity contribution in [2.45, 2.75) is 13.0 Å². The molecule has 3 aromatic heterocycles. The van der Waals surface area contributed by atoms with E-state index in [-0.39, 0.29) is 28.7 Å². The molecule has 0 atom stereocenters. The highest BCUT2D eigenvalue weighted by Gasteiger charge is 2.15. The summed E-state index contributed by atoms with van der Waals surface area (Å²) >= 11 is 3.03. The number of aromatic nitrogens is 3. The fraction of sp³-hybridized carbons (Fsp3) is 0.105. The van der Waals surface area contributed by atoms with Crippen molar-refractivity contribution in [2.24, 2.45) is 0 Å². The Labute approximate surface area is 165 Å². The number of benzene rings is 1. The van der Waals surface area contributed by atoms with Crippen molar-refractivity contribution in [3.63, 3.8) is 0 Å². The van der Waals surface area contributed by atoms with Gasteiger partial charge < -0.3 is 9.72 Å². The predicted molar refractivity (Wildman–Crippen MR) is 104 cm³/mol. The van der Waals surface area contributed by atoms with Crippen molar-refractivity contribution in [1.82, 2.24) is 14.0 Å². The summed E-state index contributed by atoms with van der Waals surface area (Å²) in [5, 5.41) is 2.41. The van der Waals surface area contributed by atoms with E-state index in [2.05, 4.69) is 26.2 Å². The Hall–Kier alpha value is -3.07. The number of fused-ring (bicyclic) bond motifs is 3. The van der Waals surface area contributed by atoms with Gasteiger partial charge in [-0.1, -0.05) is 0 Å². The molecule has 1 amide bonds. The molecule has 9 heteroatoms. The van der Waals surface area contributed by atoms with Crippen LogP contribution in [0.2, 0.25) is 0 Å². The molecule has 28 heavy (non-hydrogen) atoms. The van der Waals surface area contributed by atoms with E-state index in [4.69, 9.17) is 0 Å². The summed E-state index contributed by atoms with van der Waals surface area (Å²) in [6, 6.07) is 8.78. The Kier molecular flexibility index (Phi) is 4.68. The Morgan fingerprint density at radius 2 is 1.96 bits per heavy atom. The van der Waals surface area contributed by atoms with E-state index in [0.717, 1.165) is 11.6 Å². The lowest BCUT2D eigenvalue weighted by Crippen LogP contribution is -2.26. The van der Waals surface area contributed by atoms with Crippen molar-refractivity contribution < 1.29 is 13.6 Å². The number of hydrogen-bond donors (Lipinski definition) is 1. The number of anilines is 1. The van der Waals surface area contributed by atoms with Gasteiger partial charge in [-0.05, 0) is 46.3 Å². The average Bonchev–Trinajstić information content (AvgIpc) is 3.15. The van der Waals surface area contributed by atoms with Gasteiger partial charge in [-0.2, -0.15) is 0 Å². The maximum absolute atomic E-state index is 13.9. The van der Waals surface area contributed by atoms with Crippen LogP contribution in [0.3, 0.4) is 0 Å². The number of amides is 1. The summed E-state index contributed by atoms with van der Waals surface area (Å²) in [5.41, 5.74) is 1.21. The maximum atomic E-state index is 13.9. The van der Waals surface area contributed by atoms with E-state index in [9.17, 15) is 18.4 Å². The molecule has 0 bridgehead atoms. The lowest BCUT2D eigenvalue weighted by Gasteiger charge is -2.12. The molecule has 1 aromatic carbocycles. The van der Waals surface area contributed by atoms with Crippen molar-refractivity contribution in [3.05, 3.63) is 75.3 Å². The van der Waals surface area contributed by atoms with Crippen molar-refractivity contribution in [2.75, 3.05) is 5.32 Å². The zero-order chi connectivity index (χ0) is 19.8. The minimum absolute atomic E-state index is 0.0558. The van der Waals surface area contributed by atoms with Crippen molar-refractivity contribution in [1.29, 1.82) is 0 Å². The summed E-state index contributed by atoms with van der Waals surface area (Å²) in [4.78, 5) is 29.4. The summed E-state index contributed by atoms with van der Waals surface area (Å²) < 4.78 is 30.3. The van der Waals surface area contributed by atoms with Gasteiger partial charge in [-0.15, -0.1) is 0 Å². The Morgan fingerprint density at radius 1 is 1.18 bits per heavy atom. The summed E-state index contributed by atoms with van der Waals surface area (Å²) in [5.74, 6) is -2.16. The number of nitrogens with zero attached hydrogens (tertiary/aromatic N) is 3. The molecule has 6 nitrogen and oxygen atoms in total. The van der Waals surface area contributed by atoms with Gasteiger partial charge >= 0.3 is 0 Å². The molecule has 142 valence electrons. The second kappa shape index (κ2) is 7.16. The molecule has 1 N–H and O–H groups in total. The first-order chi connectivity index (χ1) is 13.5. The first-order valence-corrected chi connectivity index (χ1v) is 9.14. The van der Waals surface area contributed by atoms with E-state index in [1.807, 2.05) is 6.07 Å². The highest BCUT2D eigenvalue weighted by molar-refractivity contribution is 9.10. The third-order valence-electron chi connectivity index (χ3n) is 4.33. The molecular weight excluding hydrogens is 434 g/mol. The normalized spacial score (nSPS) is 11.2. The van der Waals surface area contributed by atoms with Crippen LogP contribution in [0.15, 0.2) is 58.1 Å². The second-order valence-electron chi connectivity index (χ2n) is 6.11. The largest absolute Gasteiger partial charge is 0.323 e. The third kappa shape index (κ3) is 3.18. The van der Waals surface area contributed by atoms with Crippen molar-refractivity contribution in [3.8, 4) is 0 Å². The van der Waals surface area contributed by atoms with E-state index in [1.54, 1.807) is 35.0 Å². The fourth-order valence-electron chi connectivity index (χ4n) is 3.07. The third-order valence-corrected chi connectivity index (χ3v) is 4.95. The first kappa shape index (κ1) is 18.3. The summed E-state index contributed by atoms with van der Waals surface area (Å²) in [7, 11) is 0. The molecule has 4 rings (SSSR count). The quantitative estimate of drug-likeness (QED) is 0.519. The number of aryl methyl sites for hydroxylation is 1. The molecule has 0 aliphatic rings. The number of hydrogen-bond acceptors (Lipinski definition) is 3. The number of rotatable bonds is 4. The van der Waals surface area contributed by atoms with Crippen molar-refractivity contribution >= 4 is 44.2 Å². The highest BCUT2D eigenvalue weighted by atomic mass is 79.9. The zero-order valence-electron chi connectivity index (χ0n) is 14.3. The van der Waals surface area contributed by atoms with Crippen LogP contribution in [0.1, 0.15) is 6.42 Å². The first-order valence-electron chi connectivity index (χ1n) is 8.34. The van der Waals surface area contributed by atoms with Crippen LogP contribution in [-0.4, -0.2) is 19.9 Å². The number of nitrogens with one attached hydrogen (secondary N) is 1. The maximum Gasteiger partial charge on any atom is 0.276 e. The molecule has 0 spiro atoms. The minimum atomic E-state index is -0.890. The Morgan fingerprint density at radius 3 is 2.75 bits per heavy atom. The molecule has 0 aliphatic carbocycles. The molecule has 0 aliphatic heterocycles. The number of carbonyl (C=O) groups excluding carboxylic acids is 1. The van der Waals surface area contributed by atoms with Gasteiger partial charge in [-0.25, -0.2) is 13.8 Å².